The quantitative estimate of drug-likeness (QED) is 0.397. The number of carbonyl (C=O) groups is 2. The van der Waals surface area contributed by atoms with E-state index >= 15 is 0 Å². The molecule has 9 heteroatoms. The molecule has 1 heterocycles. The van der Waals surface area contributed by atoms with Gasteiger partial charge in [0, 0.05) is 17.1 Å². The highest BCUT2D eigenvalue weighted by Gasteiger charge is 2.25. The maximum absolute atomic E-state index is 12.8. The third-order valence-corrected chi connectivity index (χ3v) is 5.33. The summed E-state index contributed by atoms with van der Waals surface area (Å²) in [6.07, 6.45) is 2.51. The Labute approximate surface area is 181 Å². The Morgan fingerprint density at radius 1 is 1.06 bits per heavy atom. The summed E-state index contributed by atoms with van der Waals surface area (Å²) in [4.78, 5) is 28.6. The van der Waals surface area contributed by atoms with E-state index in [9.17, 15) is 18.0 Å². The minimum atomic E-state index is -3.61. The van der Waals surface area contributed by atoms with Gasteiger partial charge >= 0.3 is 0 Å². The van der Waals surface area contributed by atoms with Gasteiger partial charge in [-0.2, -0.15) is 0 Å². The lowest BCUT2D eigenvalue weighted by atomic mass is 9.86. The van der Waals surface area contributed by atoms with Gasteiger partial charge in [-0.15, -0.1) is 0 Å². The molecule has 0 fully saturated rings. The molecule has 3 N–H and O–H groups in total. The minimum Gasteiger partial charge on any atom is -0.492 e. The molecular formula is C22H25N3O5S. The zero-order valence-electron chi connectivity index (χ0n) is 18.0. The van der Waals surface area contributed by atoms with Crippen molar-refractivity contribution in [3.63, 3.8) is 0 Å². The molecule has 0 saturated carbocycles. The van der Waals surface area contributed by atoms with Crippen LogP contribution in [-0.4, -0.2) is 38.5 Å². The molecule has 3 rings (SSSR count). The van der Waals surface area contributed by atoms with Crippen LogP contribution in [-0.2, 0) is 20.2 Å². The highest BCUT2D eigenvalue weighted by molar-refractivity contribution is 7.92. The van der Waals surface area contributed by atoms with Crippen molar-refractivity contribution >= 4 is 44.0 Å². The maximum Gasteiger partial charge on any atom is 0.296 e. The van der Waals surface area contributed by atoms with Gasteiger partial charge in [0.25, 0.3) is 11.7 Å². The van der Waals surface area contributed by atoms with E-state index in [4.69, 9.17) is 4.74 Å². The molecule has 2 aromatic carbocycles. The third-order valence-electron chi connectivity index (χ3n) is 4.74. The van der Waals surface area contributed by atoms with Crippen LogP contribution in [0, 0.1) is 0 Å². The Bertz CT molecular complexity index is 1270. The number of ketones is 1. The Balaban J connectivity index is 2.03. The van der Waals surface area contributed by atoms with Crippen LogP contribution in [0.4, 0.5) is 11.4 Å². The number of anilines is 2. The summed E-state index contributed by atoms with van der Waals surface area (Å²) in [5.41, 5.74) is 1.74. The first kappa shape index (κ1) is 22.4. The number of ether oxygens (including phenoxy) is 1. The van der Waals surface area contributed by atoms with Gasteiger partial charge in [0.1, 0.15) is 0 Å². The first-order valence-corrected chi connectivity index (χ1v) is 11.4. The fourth-order valence-electron chi connectivity index (χ4n) is 3.21. The fraction of sp³-hybridized carbons (Fsp3) is 0.273. The number of amides is 1. The van der Waals surface area contributed by atoms with E-state index in [1.807, 2.05) is 32.9 Å². The van der Waals surface area contributed by atoms with Gasteiger partial charge in [-0.05, 0) is 29.2 Å². The molecule has 164 valence electrons. The monoisotopic (exact) mass is 443 g/mol. The topological polar surface area (TPSA) is 117 Å². The van der Waals surface area contributed by atoms with Crippen LogP contribution < -0.4 is 14.8 Å². The molecule has 0 atom stereocenters. The lowest BCUT2D eigenvalue weighted by molar-refractivity contribution is -0.112. The normalized spacial score (nSPS) is 11.9. The number of rotatable bonds is 6. The van der Waals surface area contributed by atoms with E-state index in [1.165, 1.54) is 13.3 Å². The summed E-state index contributed by atoms with van der Waals surface area (Å²) in [5, 5.41) is 3.23. The van der Waals surface area contributed by atoms with Crippen molar-refractivity contribution in [2.75, 3.05) is 23.4 Å². The lowest BCUT2D eigenvalue weighted by Crippen LogP contribution is -2.24. The molecule has 31 heavy (non-hydrogen) atoms. The van der Waals surface area contributed by atoms with Crippen molar-refractivity contribution in [2.24, 2.45) is 0 Å². The second kappa shape index (κ2) is 8.07. The van der Waals surface area contributed by atoms with E-state index in [2.05, 4.69) is 15.0 Å². The molecule has 3 aromatic rings. The van der Waals surface area contributed by atoms with Crippen molar-refractivity contribution < 1.29 is 22.7 Å². The maximum atomic E-state index is 12.8. The standard InChI is InChI=1S/C22H25N3O5S/c1-22(2,3)13-10-17(20(30-4)18(11-13)25-31(5,28)29)24-21(27)19(26)15-12-23-16-9-7-6-8-14(15)16/h6-12,23,25H,1-5H3,(H,24,27). The second-order valence-corrected chi connectivity index (χ2v) is 10.0. The number of aromatic amines is 1. The zero-order chi connectivity index (χ0) is 23.0. The lowest BCUT2D eigenvalue weighted by Gasteiger charge is -2.23. The predicted molar refractivity (Wildman–Crippen MR) is 121 cm³/mol. The van der Waals surface area contributed by atoms with Gasteiger partial charge in [0.05, 0.1) is 30.3 Å². The highest BCUT2D eigenvalue weighted by Crippen LogP contribution is 2.39. The van der Waals surface area contributed by atoms with E-state index in [0.717, 1.165) is 17.3 Å². The molecule has 0 radical (unpaired) electrons. The van der Waals surface area contributed by atoms with Gasteiger partial charge in [0.2, 0.25) is 10.0 Å². The summed E-state index contributed by atoms with van der Waals surface area (Å²) in [6.45, 7) is 5.84. The van der Waals surface area contributed by atoms with Crippen LogP contribution in [0.3, 0.4) is 0 Å². The van der Waals surface area contributed by atoms with Crippen LogP contribution in [0.1, 0.15) is 36.7 Å². The SMILES string of the molecule is COc1c(NC(=O)C(=O)c2c[nH]c3ccccc23)cc(C(C)(C)C)cc1NS(C)(=O)=O. The number of nitrogens with one attached hydrogen (secondary N) is 3. The largest absolute Gasteiger partial charge is 0.492 e. The molecule has 0 unspecified atom stereocenters. The van der Waals surface area contributed by atoms with Crippen LogP contribution in [0.2, 0.25) is 0 Å². The Morgan fingerprint density at radius 2 is 1.71 bits per heavy atom. The number of hydrogen-bond acceptors (Lipinski definition) is 5. The van der Waals surface area contributed by atoms with Gasteiger partial charge < -0.3 is 15.0 Å². The number of H-pyrrole nitrogens is 1. The smallest absolute Gasteiger partial charge is 0.296 e. The molecule has 8 nitrogen and oxygen atoms in total. The van der Waals surface area contributed by atoms with Crippen molar-refractivity contribution in [1.82, 2.24) is 4.98 Å². The fourth-order valence-corrected chi connectivity index (χ4v) is 3.76. The third kappa shape index (κ3) is 4.88. The number of hydrogen-bond donors (Lipinski definition) is 3. The van der Waals surface area contributed by atoms with Gasteiger partial charge in [-0.3, -0.25) is 14.3 Å². The van der Waals surface area contributed by atoms with Gasteiger partial charge in [-0.25, -0.2) is 8.42 Å². The number of carbonyl (C=O) groups excluding carboxylic acids is 2. The van der Waals surface area contributed by atoms with Crippen LogP contribution in [0.25, 0.3) is 10.9 Å². The summed E-state index contributed by atoms with van der Waals surface area (Å²) < 4.78 is 31.5. The molecule has 0 aliphatic heterocycles. The average molecular weight is 444 g/mol. The first-order valence-electron chi connectivity index (χ1n) is 9.53. The van der Waals surface area contributed by atoms with Crippen molar-refractivity contribution in [2.45, 2.75) is 26.2 Å². The molecule has 0 bridgehead atoms. The number of para-hydroxylation sites is 1. The molecule has 1 amide bonds. The number of methoxy groups -OCH3 is 1. The van der Waals surface area contributed by atoms with Gasteiger partial charge in [0.15, 0.2) is 5.75 Å². The number of benzene rings is 2. The molecule has 1 aromatic heterocycles. The summed E-state index contributed by atoms with van der Waals surface area (Å²) in [6, 6.07) is 10.5. The Kier molecular flexibility index (Phi) is 5.82. The average Bonchev–Trinajstić information content (AvgIpc) is 3.09. The van der Waals surface area contributed by atoms with E-state index < -0.39 is 21.7 Å². The number of sulfonamides is 1. The second-order valence-electron chi connectivity index (χ2n) is 8.26. The van der Waals surface area contributed by atoms with E-state index in [-0.39, 0.29) is 28.1 Å². The van der Waals surface area contributed by atoms with E-state index in [1.54, 1.807) is 24.3 Å². The first-order chi connectivity index (χ1) is 14.4. The number of fused-ring (bicyclic) bond motifs is 1. The van der Waals surface area contributed by atoms with Crippen LogP contribution in [0.5, 0.6) is 5.75 Å². The summed E-state index contributed by atoms with van der Waals surface area (Å²) in [5.74, 6) is -1.48. The zero-order valence-corrected chi connectivity index (χ0v) is 18.8. The number of aromatic nitrogens is 1. The Hall–Kier alpha value is -3.33. The van der Waals surface area contributed by atoms with Crippen molar-refractivity contribution in [3.05, 3.63) is 53.7 Å². The van der Waals surface area contributed by atoms with E-state index in [0.29, 0.717) is 5.39 Å². The molecule has 0 aliphatic carbocycles. The van der Waals surface area contributed by atoms with Crippen molar-refractivity contribution in [3.8, 4) is 5.75 Å². The predicted octanol–water partition coefficient (Wildman–Crippen LogP) is 3.67. The molecule has 0 spiro atoms. The molecular weight excluding hydrogens is 418 g/mol. The van der Waals surface area contributed by atoms with Crippen LogP contribution in [0.15, 0.2) is 42.6 Å². The summed E-state index contributed by atoms with van der Waals surface area (Å²) in [7, 11) is -2.25. The minimum absolute atomic E-state index is 0.110. The molecule has 0 saturated heterocycles. The van der Waals surface area contributed by atoms with Crippen LogP contribution >= 0.6 is 0 Å². The Morgan fingerprint density at radius 3 is 2.32 bits per heavy atom. The number of Topliss-reactive ketones (excluding diaryl/α,β-unsaturated/α-hetero) is 1. The summed E-state index contributed by atoms with van der Waals surface area (Å²) >= 11 is 0. The van der Waals surface area contributed by atoms with Gasteiger partial charge in [-0.1, -0.05) is 39.0 Å². The molecule has 0 aliphatic rings. The highest BCUT2D eigenvalue weighted by atomic mass is 32.2. The van der Waals surface area contributed by atoms with Crippen molar-refractivity contribution in [1.29, 1.82) is 0 Å².